The predicted molar refractivity (Wildman–Crippen MR) is 73.3 cm³/mol. The fourth-order valence-corrected chi connectivity index (χ4v) is 2.89. The molecule has 102 valence electrons. The molecule has 3 aromatic rings. The highest BCUT2D eigenvalue weighted by atomic mass is 32.2. The minimum atomic E-state index is -1.25. The van der Waals surface area contributed by atoms with Crippen LogP contribution in [0.3, 0.4) is 0 Å². The monoisotopic (exact) mass is 288 g/mol. The van der Waals surface area contributed by atoms with E-state index >= 15 is 0 Å². The summed E-state index contributed by atoms with van der Waals surface area (Å²) in [5.41, 5.74) is 0.868. The van der Waals surface area contributed by atoms with Gasteiger partial charge in [0.1, 0.15) is 11.5 Å². The lowest BCUT2D eigenvalue weighted by molar-refractivity contribution is 0.390. The number of furan rings is 1. The average molecular weight is 288 g/mol. The van der Waals surface area contributed by atoms with Crippen LogP contribution in [0.5, 0.6) is 0 Å². The first-order chi connectivity index (χ1) is 9.74. The van der Waals surface area contributed by atoms with Crippen molar-refractivity contribution in [1.29, 1.82) is 0 Å². The minimum Gasteiger partial charge on any atom is -0.468 e. The lowest BCUT2D eigenvalue weighted by Crippen LogP contribution is -1.97. The first kappa shape index (κ1) is 12.8. The van der Waals surface area contributed by atoms with Crippen molar-refractivity contribution in [2.75, 3.05) is 0 Å². The highest BCUT2D eigenvalue weighted by Gasteiger charge is 2.15. The molecular weight excluding hydrogens is 276 g/mol. The van der Waals surface area contributed by atoms with E-state index in [1.807, 2.05) is 30.3 Å². The summed E-state index contributed by atoms with van der Waals surface area (Å²) in [5.74, 6) is 1.68. The lowest BCUT2D eigenvalue weighted by Gasteiger charge is -1.95. The highest BCUT2D eigenvalue weighted by molar-refractivity contribution is 7.84. The number of hydrogen-bond acceptors (Lipinski definition) is 5. The molecule has 2 heterocycles. The van der Waals surface area contributed by atoms with Gasteiger partial charge in [-0.05, 0) is 13.0 Å². The number of nitrogens with zero attached hydrogens (tertiary/aromatic N) is 2. The molecule has 0 unspecified atom stereocenters. The van der Waals surface area contributed by atoms with E-state index in [2.05, 4.69) is 10.1 Å². The Morgan fingerprint density at radius 1 is 1.20 bits per heavy atom. The molecule has 0 aliphatic carbocycles. The van der Waals surface area contributed by atoms with E-state index in [4.69, 9.17) is 8.94 Å². The van der Waals surface area contributed by atoms with Crippen LogP contribution in [0.25, 0.3) is 11.4 Å². The van der Waals surface area contributed by atoms with Gasteiger partial charge in [0.25, 0.3) is 0 Å². The van der Waals surface area contributed by atoms with Crippen molar-refractivity contribution in [2.45, 2.75) is 17.6 Å². The van der Waals surface area contributed by atoms with Crippen LogP contribution in [-0.2, 0) is 16.6 Å². The highest BCUT2D eigenvalue weighted by Crippen LogP contribution is 2.19. The van der Waals surface area contributed by atoms with E-state index in [-0.39, 0.29) is 5.75 Å². The Morgan fingerprint density at radius 3 is 2.70 bits per heavy atom. The van der Waals surface area contributed by atoms with Gasteiger partial charge in [0.15, 0.2) is 0 Å². The second-order valence-electron chi connectivity index (χ2n) is 4.21. The Hall–Kier alpha value is -2.21. The molecule has 0 bridgehead atoms. The van der Waals surface area contributed by atoms with Crippen molar-refractivity contribution in [3.8, 4) is 11.4 Å². The van der Waals surface area contributed by atoms with Gasteiger partial charge in [-0.2, -0.15) is 4.98 Å². The van der Waals surface area contributed by atoms with Crippen molar-refractivity contribution >= 4 is 10.8 Å². The summed E-state index contributed by atoms with van der Waals surface area (Å²) >= 11 is 0. The summed E-state index contributed by atoms with van der Waals surface area (Å²) in [6.45, 7) is 1.77. The molecule has 1 atom stereocenters. The normalized spacial score (nSPS) is 12.4. The molecule has 0 saturated heterocycles. The van der Waals surface area contributed by atoms with E-state index in [1.165, 1.54) is 6.26 Å². The van der Waals surface area contributed by atoms with E-state index in [0.717, 1.165) is 5.56 Å². The molecule has 0 aliphatic heterocycles. The van der Waals surface area contributed by atoms with E-state index < -0.39 is 10.8 Å². The van der Waals surface area contributed by atoms with Gasteiger partial charge in [-0.3, -0.25) is 4.21 Å². The summed E-state index contributed by atoms with van der Waals surface area (Å²) in [6, 6.07) is 11.2. The Kier molecular flexibility index (Phi) is 3.47. The van der Waals surface area contributed by atoms with Crippen LogP contribution in [0.1, 0.15) is 11.7 Å². The molecule has 2 aromatic heterocycles. The first-order valence-electron chi connectivity index (χ1n) is 6.04. The summed E-state index contributed by atoms with van der Waals surface area (Å²) in [7, 11) is -1.25. The molecule has 6 heteroatoms. The van der Waals surface area contributed by atoms with Crippen molar-refractivity contribution in [3.05, 3.63) is 54.3 Å². The third-order valence-electron chi connectivity index (χ3n) is 2.81. The lowest BCUT2D eigenvalue weighted by atomic mass is 10.2. The zero-order chi connectivity index (χ0) is 13.9. The number of hydrogen-bond donors (Lipinski definition) is 0. The molecule has 5 nitrogen and oxygen atoms in total. The quantitative estimate of drug-likeness (QED) is 0.738. The molecule has 0 fully saturated rings. The van der Waals surface area contributed by atoms with Crippen LogP contribution in [0.15, 0.2) is 56.5 Å². The zero-order valence-electron chi connectivity index (χ0n) is 10.8. The molecule has 20 heavy (non-hydrogen) atoms. The van der Waals surface area contributed by atoms with Crippen molar-refractivity contribution in [3.63, 3.8) is 0 Å². The van der Waals surface area contributed by atoms with Gasteiger partial charge >= 0.3 is 0 Å². The summed E-state index contributed by atoms with van der Waals surface area (Å²) in [5, 5.41) is 3.90. The first-order valence-corrected chi connectivity index (χ1v) is 7.36. The number of rotatable bonds is 4. The summed E-state index contributed by atoms with van der Waals surface area (Å²) in [6.07, 6.45) is 1.52. The Labute approximate surface area is 118 Å². The largest absolute Gasteiger partial charge is 0.468 e. The van der Waals surface area contributed by atoms with Gasteiger partial charge in [-0.1, -0.05) is 35.5 Å². The van der Waals surface area contributed by atoms with Crippen molar-refractivity contribution in [1.82, 2.24) is 10.1 Å². The maximum absolute atomic E-state index is 12.2. The van der Waals surface area contributed by atoms with Crippen LogP contribution in [0, 0.1) is 6.92 Å². The second kappa shape index (κ2) is 5.42. The third-order valence-corrected chi connectivity index (χ3v) is 4.23. The average Bonchev–Trinajstić information content (AvgIpc) is 3.09. The van der Waals surface area contributed by atoms with Crippen LogP contribution in [0.2, 0.25) is 0 Å². The summed E-state index contributed by atoms with van der Waals surface area (Å²) in [4.78, 5) is 4.92. The standard InChI is InChI=1S/C14H12N2O3S/c1-10-12(7-8-18-10)20(17)9-13-15-14(16-19-13)11-5-3-2-4-6-11/h2-8H,9H2,1H3/t20-/m1/s1. The molecule has 0 N–H and O–H groups in total. The number of aromatic nitrogens is 2. The maximum Gasteiger partial charge on any atom is 0.239 e. The van der Waals surface area contributed by atoms with Gasteiger partial charge in [0, 0.05) is 5.56 Å². The van der Waals surface area contributed by atoms with Crippen LogP contribution < -0.4 is 0 Å². The molecule has 0 radical (unpaired) electrons. The van der Waals surface area contributed by atoms with Gasteiger partial charge < -0.3 is 8.94 Å². The van der Waals surface area contributed by atoms with E-state index in [1.54, 1.807) is 13.0 Å². The van der Waals surface area contributed by atoms with Crippen LogP contribution in [-0.4, -0.2) is 14.3 Å². The molecule has 0 spiro atoms. The fraction of sp³-hybridized carbons (Fsp3) is 0.143. The van der Waals surface area contributed by atoms with E-state index in [9.17, 15) is 4.21 Å². The third kappa shape index (κ3) is 2.55. The molecule has 0 amide bonds. The zero-order valence-corrected chi connectivity index (χ0v) is 11.6. The summed E-state index contributed by atoms with van der Waals surface area (Å²) < 4.78 is 22.4. The number of benzene rings is 1. The Morgan fingerprint density at radius 2 is 2.00 bits per heavy atom. The molecular formula is C14H12N2O3S. The van der Waals surface area contributed by atoms with Crippen molar-refractivity contribution < 1.29 is 13.1 Å². The van der Waals surface area contributed by atoms with Gasteiger partial charge in [-0.25, -0.2) is 0 Å². The minimum absolute atomic E-state index is 0.181. The Bertz CT molecular complexity index is 734. The van der Waals surface area contributed by atoms with Gasteiger partial charge in [0.2, 0.25) is 11.7 Å². The SMILES string of the molecule is Cc1occc1[S@](=O)Cc1nc(-c2ccccc2)no1. The number of aryl methyl sites for hydroxylation is 1. The molecule has 1 aromatic carbocycles. The Balaban J connectivity index is 1.78. The second-order valence-corrected chi connectivity index (χ2v) is 5.63. The van der Waals surface area contributed by atoms with Crippen molar-refractivity contribution in [2.24, 2.45) is 0 Å². The van der Waals surface area contributed by atoms with Gasteiger partial charge in [0.05, 0.1) is 22.0 Å². The molecule has 3 rings (SSSR count). The molecule has 0 aliphatic rings. The topological polar surface area (TPSA) is 69.1 Å². The van der Waals surface area contributed by atoms with Crippen LogP contribution in [0.4, 0.5) is 0 Å². The maximum atomic E-state index is 12.2. The molecule has 0 saturated carbocycles. The fourth-order valence-electron chi connectivity index (χ4n) is 1.82. The van der Waals surface area contributed by atoms with Gasteiger partial charge in [-0.15, -0.1) is 0 Å². The van der Waals surface area contributed by atoms with E-state index in [0.29, 0.717) is 22.4 Å². The predicted octanol–water partition coefficient (Wildman–Crippen LogP) is 2.95. The van der Waals surface area contributed by atoms with Crippen LogP contribution >= 0.6 is 0 Å². The smallest absolute Gasteiger partial charge is 0.239 e.